The number of aromatic carboxylic acids is 1. The summed E-state index contributed by atoms with van der Waals surface area (Å²) >= 11 is 0. The minimum Gasteiger partial charge on any atom is -0.507 e. The number of carbonyl (C=O) groups is 1. The second-order valence-electron chi connectivity index (χ2n) is 6.23. The van der Waals surface area contributed by atoms with Gasteiger partial charge in [-0.05, 0) is 24.3 Å². The third-order valence-corrected chi connectivity index (χ3v) is 4.85. The van der Waals surface area contributed by atoms with Crippen molar-refractivity contribution < 1.29 is 28.2 Å². The highest BCUT2D eigenvalue weighted by atomic mass is 32.2. The Morgan fingerprint density at radius 2 is 2.03 bits per heavy atom. The first-order valence-electron chi connectivity index (χ1n) is 8.39. The molecule has 0 amide bonds. The van der Waals surface area contributed by atoms with Crippen LogP contribution in [0.15, 0.2) is 42.6 Å². The standard InChI is InChI=1S/C19H17N3O6S/c1-29(26,27)21-6-7-28-14-3-5-15-12(10-20)11-22(17(15)9-14)13-2-4-16(19(24)25)18(23)8-13/h2-5,8-9,11,21,23H,6-7H2,1H3,(H,24,25). The van der Waals surface area contributed by atoms with Crippen LogP contribution < -0.4 is 9.46 Å². The quantitative estimate of drug-likeness (QED) is 0.500. The summed E-state index contributed by atoms with van der Waals surface area (Å²) in [6, 6.07) is 11.2. The second kappa shape index (κ2) is 7.83. The van der Waals surface area contributed by atoms with Crippen LogP contribution in [0.1, 0.15) is 15.9 Å². The van der Waals surface area contributed by atoms with Crippen LogP contribution in [-0.4, -0.2) is 48.6 Å². The van der Waals surface area contributed by atoms with Gasteiger partial charge in [0.1, 0.15) is 29.7 Å². The van der Waals surface area contributed by atoms with E-state index in [1.165, 1.54) is 18.2 Å². The molecule has 0 saturated heterocycles. The number of aromatic hydroxyl groups is 1. The number of rotatable bonds is 7. The van der Waals surface area contributed by atoms with Crippen molar-refractivity contribution in [1.29, 1.82) is 5.26 Å². The number of hydrogen-bond acceptors (Lipinski definition) is 6. The number of aromatic nitrogens is 1. The van der Waals surface area contributed by atoms with Crippen molar-refractivity contribution in [1.82, 2.24) is 9.29 Å². The predicted octanol–water partition coefficient (Wildman–Crippen LogP) is 1.83. The smallest absolute Gasteiger partial charge is 0.339 e. The van der Waals surface area contributed by atoms with Gasteiger partial charge in [0.25, 0.3) is 0 Å². The summed E-state index contributed by atoms with van der Waals surface area (Å²) in [5, 5.41) is 29.1. The number of nitriles is 1. The lowest BCUT2D eigenvalue weighted by Gasteiger charge is -2.10. The van der Waals surface area contributed by atoms with Gasteiger partial charge >= 0.3 is 5.97 Å². The Labute approximate surface area is 166 Å². The number of sulfonamides is 1. The minimum atomic E-state index is -3.31. The number of carboxylic acids is 1. The first-order chi connectivity index (χ1) is 13.7. The van der Waals surface area contributed by atoms with Crippen LogP contribution in [0.5, 0.6) is 11.5 Å². The van der Waals surface area contributed by atoms with Crippen molar-refractivity contribution in [3.63, 3.8) is 0 Å². The molecule has 0 radical (unpaired) electrons. The van der Waals surface area contributed by atoms with E-state index in [2.05, 4.69) is 10.8 Å². The number of benzene rings is 2. The van der Waals surface area contributed by atoms with E-state index in [1.54, 1.807) is 29.0 Å². The number of nitrogens with zero attached hydrogens (tertiary/aromatic N) is 2. The zero-order valence-corrected chi connectivity index (χ0v) is 16.1. The van der Waals surface area contributed by atoms with Crippen LogP contribution in [-0.2, 0) is 10.0 Å². The molecule has 0 aliphatic carbocycles. The van der Waals surface area contributed by atoms with Gasteiger partial charge in [0.05, 0.1) is 17.3 Å². The maximum Gasteiger partial charge on any atom is 0.339 e. The van der Waals surface area contributed by atoms with Crippen LogP contribution in [0.3, 0.4) is 0 Å². The van der Waals surface area contributed by atoms with Crippen molar-refractivity contribution in [3.8, 4) is 23.3 Å². The van der Waals surface area contributed by atoms with E-state index in [0.29, 0.717) is 27.9 Å². The van der Waals surface area contributed by atoms with Crippen molar-refractivity contribution in [2.75, 3.05) is 19.4 Å². The normalized spacial score (nSPS) is 11.3. The Morgan fingerprint density at radius 1 is 1.28 bits per heavy atom. The number of carboxylic acid groups (broad SMARTS) is 1. The van der Waals surface area contributed by atoms with E-state index in [-0.39, 0.29) is 18.7 Å². The predicted molar refractivity (Wildman–Crippen MR) is 105 cm³/mol. The van der Waals surface area contributed by atoms with E-state index in [0.717, 1.165) is 6.26 Å². The van der Waals surface area contributed by atoms with Crippen LogP contribution in [0.2, 0.25) is 0 Å². The summed E-state index contributed by atoms with van der Waals surface area (Å²) in [4.78, 5) is 11.1. The second-order valence-corrected chi connectivity index (χ2v) is 8.06. The van der Waals surface area contributed by atoms with E-state index in [9.17, 15) is 23.6 Å². The van der Waals surface area contributed by atoms with Crippen LogP contribution >= 0.6 is 0 Å². The third-order valence-electron chi connectivity index (χ3n) is 4.12. The van der Waals surface area contributed by atoms with Crippen molar-refractivity contribution >= 4 is 26.9 Å². The molecule has 0 saturated carbocycles. The van der Waals surface area contributed by atoms with Gasteiger partial charge in [0.2, 0.25) is 10.0 Å². The lowest BCUT2D eigenvalue weighted by atomic mass is 10.1. The summed E-state index contributed by atoms with van der Waals surface area (Å²) < 4.78 is 31.7. The van der Waals surface area contributed by atoms with E-state index in [4.69, 9.17) is 9.84 Å². The van der Waals surface area contributed by atoms with E-state index in [1.807, 2.05) is 0 Å². The first-order valence-corrected chi connectivity index (χ1v) is 10.3. The molecule has 9 nitrogen and oxygen atoms in total. The zero-order valence-electron chi connectivity index (χ0n) is 15.3. The molecule has 3 N–H and O–H groups in total. The molecule has 0 aliphatic heterocycles. The molecule has 150 valence electrons. The van der Waals surface area contributed by atoms with Gasteiger partial charge in [-0.3, -0.25) is 0 Å². The molecule has 0 spiro atoms. The third kappa shape index (κ3) is 4.48. The largest absolute Gasteiger partial charge is 0.507 e. The van der Waals surface area contributed by atoms with Gasteiger partial charge in [-0.15, -0.1) is 0 Å². The first kappa shape index (κ1) is 20.2. The highest BCUT2D eigenvalue weighted by molar-refractivity contribution is 7.88. The molecule has 1 heterocycles. The molecule has 0 fully saturated rings. The molecule has 1 aromatic heterocycles. The lowest BCUT2D eigenvalue weighted by molar-refractivity contribution is 0.0693. The minimum absolute atomic E-state index is 0.103. The molecular formula is C19H17N3O6S. The maximum atomic E-state index is 11.1. The molecule has 0 aliphatic rings. The van der Waals surface area contributed by atoms with E-state index < -0.39 is 21.7 Å². The van der Waals surface area contributed by atoms with Gasteiger partial charge in [0, 0.05) is 35.9 Å². The highest BCUT2D eigenvalue weighted by Crippen LogP contribution is 2.30. The molecule has 0 bridgehead atoms. The SMILES string of the molecule is CS(=O)(=O)NCCOc1ccc2c(C#N)cn(-c3ccc(C(=O)O)c(O)c3)c2c1. The summed E-state index contributed by atoms with van der Waals surface area (Å²) in [5.41, 5.74) is 1.24. The van der Waals surface area contributed by atoms with Gasteiger partial charge in [-0.1, -0.05) is 0 Å². The maximum absolute atomic E-state index is 11.1. The average Bonchev–Trinajstić information content (AvgIpc) is 3.02. The van der Waals surface area contributed by atoms with Gasteiger partial charge < -0.3 is 19.5 Å². The molecule has 3 aromatic rings. The Hall–Kier alpha value is -3.55. The van der Waals surface area contributed by atoms with Crippen LogP contribution in [0, 0.1) is 11.3 Å². The summed E-state index contributed by atoms with van der Waals surface area (Å²) in [7, 11) is -3.31. The summed E-state index contributed by atoms with van der Waals surface area (Å²) in [6.45, 7) is 0.213. The van der Waals surface area contributed by atoms with Gasteiger partial charge in [0.15, 0.2) is 0 Å². The molecule has 10 heteroatoms. The molecule has 29 heavy (non-hydrogen) atoms. The Balaban J connectivity index is 1.96. The number of ether oxygens (including phenoxy) is 1. The Morgan fingerprint density at radius 3 is 2.66 bits per heavy atom. The monoisotopic (exact) mass is 415 g/mol. The zero-order chi connectivity index (χ0) is 21.2. The Bertz CT molecular complexity index is 1240. The molecular weight excluding hydrogens is 398 g/mol. The lowest BCUT2D eigenvalue weighted by Crippen LogP contribution is -2.26. The summed E-state index contributed by atoms with van der Waals surface area (Å²) in [5.74, 6) is -1.18. The Kier molecular flexibility index (Phi) is 5.45. The number of phenols is 1. The van der Waals surface area contributed by atoms with Crippen molar-refractivity contribution in [2.45, 2.75) is 0 Å². The van der Waals surface area contributed by atoms with Gasteiger partial charge in [-0.2, -0.15) is 5.26 Å². The number of fused-ring (bicyclic) bond motifs is 1. The number of hydrogen-bond donors (Lipinski definition) is 3. The average molecular weight is 415 g/mol. The van der Waals surface area contributed by atoms with Crippen molar-refractivity contribution in [2.24, 2.45) is 0 Å². The van der Waals surface area contributed by atoms with Gasteiger partial charge in [-0.25, -0.2) is 17.9 Å². The van der Waals surface area contributed by atoms with E-state index >= 15 is 0 Å². The fourth-order valence-electron chi connectivity index (χ4n) is 2.85. The topological polar surface area (TPSA) is 142 Å². The van der Waals surface area contributed by atoms with Crippen LogP contribution in [0.4, 0.5) is 0 Å². The molecule has 0 atom stereocenters. The molecule has 2 aromatic carbocycles. The van der Waals surface area contributed by atoms with Crippen molar-refractivity contribution in [3.05, 3.63) is 53.7 Å². The summed E-state index contributed by atoms with van der Waals surface area (Å²) in [6.07, 6.45) is 2.63. The highest BCUT2D eigenvalue weighted by Gasteiger charge is 2.14. The molecule has 3 rings (SSSR count). The number of nitrogens with one attached hydrogen (secondary N) is 1. The fourth-order valence-corrected chi connectivity index (χ4v) is 3.30. The molecule has 0 unspecified atom stereocenters. The fraction of sp³-hybridized carbons (Fsp3) is 0.158. The van der Waals surface area contributed by atoms with Crippen LogP contribution in [0.25, 0.3) is 16.6 Å².